The molecule has 0 amide bonds. The molecule has 1 aliphatic carbocycles. The van der Waals surface area contributed by atoms with Crippen molar-refractivity contribution in [1.29, 1.82) is 0 Å². The van der Waals surface area contributed by atoms with Gasteiger partial charge < -0.3 is 19.7 Å². The molecule has 2 atom stereocenters. The molecule has 1 aromatic carbocycles. The maximum Gasteiger partial charge on any atom is 0.328 e. The van der Waals surface area contributed by atoms with Gasteiger partial charge in [-0.3, -0.25) is 0 Å². The van der Waals surface area contributed by atoms with Gasteiger partial charge in [0.05, 0.1) is 23.7 Å². The Morgan fingerprint density at radius 1 is 1.54 bits per heavy atom. The fourth-order valence-corrected chi connectivity index (χ4v) is 3.64. The normalized spacial score (nSPS) is 23.6. The van der Waals surface area contributed by atoms with Crippen molar-refractivity contribution in [2.24, 2.45) is 13.0 Å². The van der Waals surface area contributed by atoms with Gasteiger partial charge in [0.15, 0.2) is 0 Å². The minimum Gasteiger partial charge on any atom is -0.496 e. The summed E-state index contributed by atoms with van der Waals surface area (Å²) in [6.07, 6.45) is 4.89. The third-order valence-corrected chi connectivity index (χ3v) is 5.30. The second kappa shape index (κ2) is 5.94. The largest absolute Gasteiger partial charge is 0.496 e. The first-order valence-corrected chi connectivity index (χ1v) is 8.07. The number of aromatic nitrogens is 2. The van der Waals surface area contributed by atoms with E-state index in [1.165, 1.54) is 12.5 Å². The molecule has 3 rings (SSSR count). The lowest BCUT2D eigenvalue weighted by molar-refractivity contribution is -0.131. The molecule has 0 aliphatic heterocycles. The van der Waals surface area contributed by atoms with Gasteiger partial charge in [0.2, 0.25) is 0 Å². The van der Waals surface area contributed by atoms with Crippen molar-refractivity contribution in [3.63, 3.8) is 0 Å². The zero-order valence-corrected chi connectivity index (χ0v) is 14.5. The molecule has 0 spiro atoms. The number of aliphatic carboxylic acids is 1. The number of carboxylic acids is 1. The lowest BCUT2D eigenvalue weighted by Crippen LogP contribution is -2.54. The molecular formula is C18H23N3O3. The van der Waals surface area contributed by atoms with Gasteiger partial charge in [-0.05, 0) is 37.9 Å². The number of benzene rings is 1. The van der Waals surface area contributed by atoms with Crippen molar-refractivity contribution in [3.8, 4) is 5.75 Å². The summed E-state index contributed by atoms with van der Waals surface area (Å²) in [4.78, 5) is 15.6. The van der Waals surface area contributed by atoms with Crippen LogP contribution in [0, 0.1) is 5.92 Å². The molecule has 1 heterocycles. The average molecular weight is 329 g/mol. The Balaban J connectivity index is 2.16. The van der Waals surface area contributed by atoms with E-state index >= 15 is 0 Å². The molecule has 24 heavy (non-hydrogen) atoms. The zero-order valence-electron chi connectivity index (χ0n) is 14.5. The van der Waals surface area contributed by atoms with E-state index < -0.39 is 5.97 Å². The Labute approximate surface area is 141 Å². The summed E-state index contributed by atoms with van der Waals surface area (Å²) in [6, 6.07) is 3.80. The molecule has 0 radical (unpaired) electrons. The summed E-state index contributed by atoms with van der Waals surface area (Å²) in [6.45, 7) is 2.24. The van der Waals surface area contributed by atoms with Gasteiger partial charge in [-0.15, -0.1) is 0 Å². The fraction of sp³-hybridized carbons (Fsp3) is 0.444. The van der Waals surface area contributed by atoms with E-state index in [4.69, 9.17) is 14.8 Å². The van der Waals surface area contributed by atoms with Crippen LogP contribution in [0.3, 0.4) is 0 Å². The molecule has 1 aromatic heterocycles. The van der Waals surface area contributed by atoms with Crippen molar-refractivity contribution >= 4 is 23.1 Å². The highest BCUT2D eigenvalue weighted by molar-refractivity contribution is 5.88. The highest BCUT2D eigenvalue weighted by Crippen LogP contribution is 2.46. The molecule has 0 saturated heterocycles. The summed E-state index contributed by atoms with van der Waals surface area (Å²) in [7, 11) is 5.58. The second-order valence-electron chi connectivity index (χ2n) is 6.41. The summed E-state index contributed by atoms with van der Waals surface area (Å²) < 4.78 is 7.53. The van der Waals surface area contributed by atoms with Crippen molar-refractivity contribution in [1.82, 2.24) is 14.9 Å². The summed E-state index contributed by atoms with van der Waals surface area (Å²) >= 11 is 0. The molecule has 128 valence electrons. The number of methoxy groups -OCH3 is 1. The van der Waals surface area contributed by atoms with Gasteiger partial charge >= 0.3 is 5.97 Å². The minimum absolute atomic E-state index is 0.0991. The van der Waals surface area contributed by atoms with Crippen molar-refractivity contribution < 1.29 is 14.6 Å². The number of carboxylic acid groups (broad SMARTS) is 1. The fourth-order valence-electron chi connectivity index (χ4n) is 3.64. The van der Waals surface area contributed by atoms with Crippen molar-refractivity contribution in [2.75, 3.05) is 14.2 Å². The quantitative estimate of drug-likeness (QED) is 0.824. The number of nitrogens with zero attached hydrogens (tertiary/aromatic N) is 2. The van der Waals surface area contributed by atoms with Crippen molar-refractivity contribution in [3.05, 3.63) is 29.6 Å². The number of carbonyl (C=O) groups is 1. The van der Waals surface area contributed by atoms with E-state index in [0.717, 1.165) is 29.4 Å². The van der Waals surface area contributed by atoms with E-state index in [1.807, 2.05) is 26.2 Å². The number of rotatable bonds is 5. The Kier molecular flexibility index (Phi) is 4.09. The summed E-state index contributed by atoms with van der Waals surface area (Å²) in [5, 5.41) is 12.3. The van der Waals surface area contributed by atoms with Gasteiger partial charge in [-0.2, -0.15) is 0 Å². The Hall–Kier alpha value is -2.34. The molecule has 2 N–H and O–H groups in total. The van der Waals surface area contributed by atoms with Crippen LogP contribution in [0.4, 0.5) is 0 Å². The average Bonchev–Trinajstić information content (AvgIpc) is 2.88. The third-order valence-electron chi connectivity index (χ3n) is 5.30. The maximum atomic E-state index is 10.8. The molecule has 1 unspecified atom stereocenters. The predicted octanol–water partition coefficient (Wildman–Crippen LogP) is 2.52. The first-order valence-electron chi connectivity index (χ1n) is 8.07. The number of nitrogens with one attached hydrogen (secondary N) is 1. The topological polar surface area (TPSA) is 76.4 Å². The second-order valence-corrected chi connectivity index (χ2v) is 6.41. The zero-order chi connectivity index (χ0) is 17.5. The van der Waals surface area contributed by atoms with Gasteiger partial charge in [0.1, 0.15) is 11.6 Å². The number of aryl methyl sites for hydroxylation is 1. The van der Waals surface area contributed by atoms with Crippen LogP contribution >= 0.6 is 0 Å². The molecular weight excluding hydrogens is 306 g/mol. The molecule has 6 heteroatoms. The van der Waals surface area contributed by atoms with Crippen molar-refractivity contribution in [2.45, 2.75) is 25.3 Å². The number of hydrogen-bond acceptors (Lipinski definition) is 4. The number of ether oxygens (including phenoxy) is 1. The monoisotopic (exact) mass is 329 g/mol. The molecule has 1 saturated carbocycles. The molecule has 2 aromatic rings. The SMILES string of the molecule is CNC1(c2nc3cc(/C=C/C(=O)O)c(OC)cc3n2C)CC[C@H]1C. The Morgan fingerprint density at radius 3 is 2.79 bits per heavy atom. The van der Waals surface area contributed by atoms with Crippen LogP contribution in [-0.2, 0) is 17.4 Å². The highest BCUT2D eigenvalue weighted by Gasteiger charge is 2.47. The lowest BCUT2D eigenvalue weighted by atomic mass is 9.67. The van der Waals surface area contributed by atoms with E-state index in [1.54, 1.807) is 7.11 Å². The number of hydrogen-bond donors (Lipinski definition) is 2. The van der Waals surface area contributed by atoms with Crippen LogP contribution in [0.5, 0.6) is 5.75 Å². The predicted molar refractivity (Wildman–Crippen MR) is 93.1 cm³/mol. The highest BCUT2D eigenvalue weighted by atomic mass is 16.5. The van der Waals surface area contributed by atoms with E-state index in [9.17, 15) is 4.79 Å². The Bertz CT molecular complexity index is 821. The summed E-state index contributed by atoms with van der Waals surface area (Å²) in [5.41, 5.74) is 2.42. The molecule has 1 aliphatic rings. The van der Waals surface area contributed by atoms with E-state index in [0.29, 0.717) is 17.2 Å². The van der Waals surface area contributed by atoms with Gasteiger partial charge in [-0.25, -0.2) is 9.78 Å². The van der Waals surface area contributed by atoms with Crippen LogP contribution < -0.4 is 10.1 Å². The van der Waals surface area contributed by atoms with Gasteiger partial charge in [0.25, 0.3) is 0 Å². The summed E-state index contributed by atoms with van der Waals surface area (Å²) in [5.74, 6) is 1.18. The first-order chi connectivity index (χ1) is 11.4. The standard InChI is InChI=1S/C18H23N3O3/c1-11-7-8-18(11,19-2)17-20-13-9-12(5-6-16(22)23)15(24-4)10-14(13)21(17)3/h5-6,9-11,19H,7-8H2,1-4H3,(H,22,23)/b6-5+/t11-,18?/m1/s1. The van der Waals surface area contributed by atoms with E-state index in [2.05, 4.69) is 16.8 Å². The van der Waals surface area contributed by atoms with Gasteiger partial charge in [0, 0.05) is 24.8 Å². The van der Waals surface area contributed by atoms with Crippen LogP contribution in [-0.4, -0.2) is 34.8 Å². The van der Waals surface area contributed by atoms with Crippen LogP contribution in [0.15, 0.2) is 18.2 Å². The molecule has 0 bridgehead atoms. The van der Waals surface area contributed by atoms with E-state index in [-0.39, 0.29) is 5.54 Å². The smallest absolute Gasteiger partial charge is 0.328 e. The molecule has 1 fully saturated rings. The third kappa shape index (κ3) is 2.38. The van der Waals surface area contributed by atoms with Crippen LogP contribution in [0.1, 0.15) is 31.2 Å². The number of imidazole rings is 1. The maximum absolute atomic E-state index is 10.8. The van der Waals surface area contributed by atoms with Crippen LogP contribution in [0.2, 0.25) is 0 Å². The molecule has 6 nitrogen and oxygen atoms in total. The number of fused-ring (bicyclic) bond motifs is 1. The van der Waals surface area contributed by atoms with Crippen LogP contribution in [0.25, 0.3) is 17.1 Å². The lowest BCUT2D eigenvalue weighted by Gasteiger charge is -2.47. The Morgan fingerprint density at radius 2 is 2.29 bits per heavy atom. The minimum atomic E-state index is -0.990. The van der Waals surface area contributed by atoms with Gasteiger partial charge in [-0.1, -0.05) is 6.92 Å². The first kappa shape index (κ1) is 16.5.